The number of nitrogens with one attached hydrogen (secondary N) is 1. The van der Waals surface area contributed by atoms with Gasteiger partial charge in [0.25, 0.3) is 5.56 Å². The minimum Gasteiger partial charge on any atom is -0.458 e. The van der Waals surface area contributed by atoms with E-state index in [1.165, 1.54) is 5.56 Å². The van der Waals surface area contributed by atoms with Crippen molar-refractivity contribution in [3.63, 3.8) is 0 Å². The van der Waals surface area contributed by atoms with E-state index in [1.807, 2.05) is 31.2 Å². The third-order valence-corrected chi connectivity index (χ3v) is 6.93. The van der Waals surface area contributed by atoms with Crippen LogP contribution < -0.4 is 10.9 Å². The van der Waals surface area contributed by atoms with Gasteiger partial charge in [-0.05, 0) is 37.6 Å². The van der Waals surface area contributed by atoms with Crippen molar-refractivity contribution in [1.29, 1.82) is 0 Å². The fourth-order valence-corrected chi connectivity index (χ4v) is 5.24. The molecule has 2 atom stereocenters. The molecule has 1 saturated heterocycles. The van der Waals surface area contributed by atoms with Crippen molar-refractivity contribution in [2.24, 2.45) is 0 Å². The number of ether oxygens (including phenoxy) is 2. The first-order chi connectivity index (χ1) is 15.4. The first-order valence-electron chi connectivity index (χ1n) is 11.2. The Morgan fingerprint density at radius 2 is 2.03 bits per heavy atom. The summed E-state index contributed by atoms with van der Waals surface area (Å²) in [6.07, 6.45) is 0.539. The molecule has 3 aromatic rings. The molecular weight excluding hydrogens is 406 g/mol. The highest BCUT2D eigenvalue weighted by Crippen LogP contribution is 2.51. The molecule has 7 nitrogen and oxygen atoms in total. The third-order valence-electron chi connectivity index (χ3n) is 6.93. The van der Waals surface area contributed by atoms with E-state index in [-0.39, 0.29) is 18.3 Å². The van der Waals surface area contributed by atoms with Crippen LogP contribution in [0.25, 0.3) is 22.3 Å². The number of benzene rings is 1. The number of carbonyl (C=O) groups excluding carboxylic acids is 1. The Bertz CT molecular complexity index is 1360. The molecule has 2 aromatic heterocycles. The average Bonchev–Trinajstić information content (AvgIpc) is 3.30. The number of rotatable bonds is 4. The van der Waals surface area contributed by atoms with Crippen LogP contribution in [0.2, 0.25) is 0 Å². The van der Waals surface area contributed by atoms with E-state index in [9.17, 15) is 9.59 Å². The minimum absolute atomic E-state index is 0.0119. The van der Waals surface area contributed by atoms with Crippen LogP contribution >= 0.6 is 0 Å². The quantitative estimate of drug-likeness (QED) is 0.395. The Balaban J connectivity index is 1.55. The number of cyclic esters (lactones) is 1. The van der Waals surface area contributed by atoms with Gasteiger partial charge in [0.15, 0.2) is 0 Å². The molecule has 0 bridgehead atoms. The number of hydrogen-bond acceptors (Lipinski definition) is 6. The number of aromatic nitrogens is 2. The zero-order chi connectivity index (χ0) is 22.2. The van der Waals surface area contributed by atoms with Crippen molar-refractivity contribution < 1.29 is 14.3 Å². The van der Waals surface area contributed by atoms with Gasteiger partial charge in [0.05, 0.1) is 29.0 Å². The second kappa shape index (κ2) is 6.73. The SMILES string of the molecule is CC(C)NCCc1c2c(nc3ccccc13)-c1cc3c(c(=O)n1C2)COC(=O)[C@@]31OC1C. The van der Waals surface area contributed by atoms with E-state index in [2.05, 4.69) is 25.2 Å². The second-order valence-electron chi connectivity index (χ2n) is 9.18. The molecule has 7 heteroatoms. The maximum atomic E-state index is 13.5. The van der Waals surface area contributed by atoms with Gasteiger partial charge < -0.3 is 19.4 Å². The Morgan fingerprint density at radius 1 is 1.25 bits per heavy atom. The number of epoxide rings is 1. The molecule has 0 aliphatic carbocycles. The molecule has 32 heavy (non-hydrogen) atoms. The number of nitrogens with zero attached hydrogens (tertiary/aromatic N) is 2. The maximum absolute atomic E-state index is 13.5. The normalized spacial score (nSPS) is 22.8. The number of esters is 1. The molecule has 1 spiro atoms. The van der Waals surface area contributed by atoms with Crippen LogP contribution in [-0.4, -0.2) is 34.2 Å². The molecule has 5 heterocycles. The lowest BCUT2D eigenvalue weighted by Crippen LogP contribution is -2.38. The average molecular weight is 431 g/mol. The minimum atomic E-state index is -1.15. The van der Waals surface area contributed by atoms with E-state index >= 15 is 0 Å². The van der Waals surface area contributed by atoms with Crippen LogP contribution in [0.4, 0.5) is 0 Å². The second-order valence-corrected chi connectivity index (χ2v) is 9.18. The van der Waals surface area contributed by atoms with Crippen LogP contribution in [0.1, 0.15) is 43.0 Å². The molecule has 6 rings (SSSR count). The summed E-state index contributed by atoms with van der Waals surface area (Å²) in [6, 6.07) is 10.5. The highest BCUT2D eigenvalue weighted by atomic mass is 16.7. The summed E-state index contributed by atoms with van der Waals surface area (Å²) in [5, 5.41) is 4.62. The Hall–Kier alpha value is -3.03. The largest absolute Gasteiger partial charge is 0.458 e. The summed E-state index contributed by atoms with van der Waals surface area (Å²) < 4.78 is 12.8. The summed E-state index contributed by atoms with van der Waals surface area (Å²) >= 11 is 0. The predicted octanol–water partition coefficient (Wildman–Crippen LogP) is 2.64. The molecule has 1 N–H and O–H groups in total. The van der Waals surface area contributed by atoms with Crippen molar-refractivity contribution >= 4 is 16.9 Å². The summed E-state index contributed by atoms with van der Waals surface area (Å²) in [4.78, 5) is 31.0. The Kier molecular flexibility index (Phi) is 4.13. The van der Waals surface area contributed by atoms with Crippen molar-refractivity contribution in [3.8, 4) is 11.4 Å². The Morgan fingerprint density at radius 3 is 2.78 bits per heavy atom. The standard InChI is InChI=1S/C25H25N3O4/c1-13(2)26-9-8-15-16-6-4-5-7-20(16)27-22-17(15)11-28-21(22)10-19-18(23(28)29)12-31-24(30)25(19)14(3)32-25/h4-7,10,13-14,26H,8-9,11-12H2,1-3H3/t14?,25-/m0/s1. The van der Waals surface area contributed by atoms with E-state index in [0.29, 0.717) is 23.7 Å². The van der Waals surface area contributed by atoms with Crippen molar-refractivity contribution in [1.82, 2.24) is 14.9 Å². The van der Waals surface area contributed by atoms with Gasteiger partial charge in [-0.15, -0.1) is 0 Å². The number of hydrogen-bond donors (Lipinski definition) is 1. The molecule has 3 aliphatic heterocycles. The fourth-order valence-electron chi connectivity index (χ4n) is 5.24. The lowest BCUT2D eigenvalue weighted by molar-refractivity contribution is -0.154. The van der Waals surface area contributed by atoms with Crippen molar-refractivity contribution in [2.45, 2.75) is 58.1 Å². The fraction of sp³-hybridized carbons (Fsp3) is 0.400. The highest BCUT2D eigenvalue weighted by Gasteiger charge is 2.65. The van der Waals surface area contributed by atoms with Crippen molar-refractivity contribution in [2.75, 3.05) is 6.54 Å². The first kappa shape index (κ1) is 19.6. The van der Waals surface area contributed by atoms with Gasteiger partial charge in [0.1, 0.15) is 12.7 Å². The number of carbonyl (C=O) groups is 1. The van der Waals surface area contributed by atoms with Gasteiger partial charge >= 0.3 is 5.97 Å². The van der Waals surface area contributed by atoms with Crippen LogP contribution in [0.3, 0.4) is 0 Å². The zero-order valence-corrected chi connectivity index (χ0v) is 18.4. The molecule has 164 valence electrons. The number of fused-ring (bicyclic) bond motifs is 6. The molecule has 1 fully saturated rings. The number of para-hydroxylation sites is 1. The third kappa shape index (κ3) is 2.58. The van der Waals surface area contributed by atoms with Gasteiger partial charge in [-0.25, -0.2) is 9.78 Å². The van der Waals surface area contributed by atoms with Gasteiger partial charge in [-0.1, -0.05) is 32.0 Å². The summed E-state index contributed by atoms with van der Waals surface area (Å²) in [7, 11) is 0. The monoisotopic (exact) mass is 431 g/mol. The lowest BCUT2D eigenvalue weighted by atomic mass is 9.89. The van der Waals surface area contributed by atoms with Gasteiger partial charge in [0, 0.05) is 22.6 Å². The molecule has 1 aromatic carbocycles. The maximum Gasteiger partial charge on any atom is 0.346 e. The van der Waals surface area contributed by atoms with E-state index in [1.54, 1.807) is 4.57 Å². The Labute approximate surface area is 185 Å². The van der Waals surface area contributed by atoms with E-state index in [4.69, 9.17) is 14.5 Å². The van der Waals surface area contributed by atoms with Gasteiger partial charge in [-0.2, -0.15) is 0 Å². The van der Waals surface area contributed by atoms with Crippen LogP contribution in [0.5, 0.6) is 0 Å². The van der Waals surface area contributed by atoms with E-state index in [0.717, 1.165) is 40.8 Å². The van der Waals surface area contributed by atoms with Crippen LogP contribution in [-0.2, 0) is 39.4 Å². The highest BCUT2D eigenvalue weighted by molar-refractivity contribution is 5.90. The summed E-state index contributed by atoms with van der Waals surface area (Å²) in [5.74, 6) is -0.410. The lowest BCUT2D eigenvalue weighted by Gasteiger charge is -2.23. The van der Waals surface area contributed by atoms with Gasteiger partial charge in [-0.3, -0.25) is 4.79 Å². The topological polar surface area (TPSA) is 85.8 Å². The van der Waals surface area contributed by atoms with E-state index < -0.39 is 11.6 Å². The zero-order valence-electron chi connectivity index (χ0n) is 18.4. The smallest absolute Gasteiger partial charge is 0.346 e. The molecule has 3 aliphatic rings. The molecule has 0 saturated carbocycles. The molecule has 0 amide bonds. The first-order valence-corrected chi connectivity index (χ1v) is 11.2. The van der Waals surface area contributed by atoms with Gasteiger partial charge in [0.2, 0.25) is 5.60 Å². The molecular formula is C25H25N3O4. The van der Waals surface area contributed by atoms with Crippen LogP contribution in [0, 0.1) is 0 Å². The predicted molar refractivity (Wildman–Crippen MR) is 119 cm³/mol. The number of pyridine rings is 2. The summed E-state index contributed by atoms with van der Waals surface area (Å²) in [6.45, 7) is 7.41. The van der Waals surface area contributed by atoms with Crippen molar-refractivity contribution in [3.05, 3.63) is 62.9 Å². The molecule has 0 radical (unpaired) electrons. The molecule has 1 unspecified atom stereocenters. The van der Waals surface area contributed by atoms with Crippen LogP contribution in [0.15, 0.2) is 35.1 Å². The summed E-state index contributed by atoms with van der Waals surface area (Å²) in [5.41, 5.74) is 4.68.